The fourth-order valence-corrected chi connectivity index (χ4v) is 5.00. The van der Waals surface area contributed by atoms with Gasteiger partial charge in [-0.2, -0.15) is 26.3 Å². The summed E-state index contributed by atoms with van der Waals surface area (Å²) in [6, 6.07) is 14.8. The van der Waals surface area contributed by atoms with Crippen LogP contribution in [0, 0.1) is 18.1 Å². The van der Waals surface area contributed by atoms with Crippen LogP contribution in [0.15, 0.2) is 48.5 Å². The molecule has 0 radical (unpaired) electrons. The Bertz CT molecular complexity index is 1450. The summed E-state index contributed by atoms with van der Waals surface area (Å²) in [7, 11) is 0. The van der Waals surface area contributed by atoms with Gasteiger partial charge in [0.1, 0.15) is 12.4 Å². The zero-order valence-corrected chi connectivity index (χ0v) is 22.5. The van der Waals surface area contributed by atoms with E-state index < -0.39 is 41.6 Å². The van der Waals surface area contributed by atoms with Gasteiger partial charge in [-0.3, -0.25) is 9.59 Å². The lowest BCUT2D eigenvalue weighted by atomic mass is 9.93. The SMILES string of the molecule is O=C(NOC1CCCCO1)c1c#cc(COc2ccc3c(c2)CC(Cc2cc(C(F)(F)F)cc(C(F)(F)F)c2)C3=O)cc1. The van der Waals surface area contributed by atoms with Crippen molar-refractivity contribution in [3.05, 3.63) is 99.6 Å². The predicted octanol–water partition coefficient (Wildman–Crippen LogP) is 6.69. The van der Waals surface area contributed by atoms with Crippen LogP contribution in [-0.2, 0) is 41.4 Å². The normalized spacial score (nSPS) is 18.6. The molecular formula is C31H25F6NO5. The summed E-state index contributed by atoms with van der Waals surface area (Å²) < 4.78 is 90.7. The molecule has 12 heteroatoms. The number of hydrogen-bond donors (Lipinski definition) is 1. The van der Waals surface area contributed by atoms with E-state index >= 15 is 0 Å². The first-order valence-corrected chi connectivity index (χ1v) is 13.5. The van der Waals surface area contributed by atoms with Gasteiger partial charge in [-0.25, -0.2) is 10.3 Å². The van der Waals surface area contributed by atoms with E-state index in [1.54, 1.807) is 18.2 Å². The average Bonchev–Trinajstić information content (AvgIpc) is 3.28. The average molecular weight is 606 g/mol. The number of rotatable bonds is 8. The summed E-state index contributed by atoms with van der Waals surface area (Å²) in [5, 5.41) is 0. The van der Waals surface area contributed by atoms with Gasteiger partial charge in [0, 0.05) is 30.1 Å². The molecule has 3 aromatic carbocycles. The second-order valence-electron chi connectivity index (χ2n) is 10.4. The molecule has 1 fully saturated rings. The van der Waals surface area contributed by atoms with Crippen LogP contribution in [0.4, 0.5) is 26.3 Å². The maximum atomic E-state index is 13.3. The minimum Gasteiger partial charge on any atom is -0.488 e. The van der Waals surface area contributed by atoms with Crippen molar-refractivity contribution >= 4 is 11.7 Å². The second kappa shape index (κ2) is 12.3. The highest BCUT2D eigenvalue weighted by Gasteiger charge is 2.38. The molecule has 0 spiro atoms. The molecule has 5 rings (SSSR count). The van der Waals surface area contributed by atoms with Gasteiger partial charge in [0.2, 0.25) is 0 Å². The topological polar surface area (TPSA) is 73.9 Å². The number of amides is 1. The molecule has 2 aliphatic rings. The molecule has 0 saturated carbocycles. The Hall–Kier alpha value is -4.08. The van der Waals surface area contributed by atoms with Crippen molar-refractivity contribution < 1.29 is 50.2 Å². The van der Waals surface area contributed by atoms with Crippen molar-refractivity contribution in [3.63, 3.8) is 0 Å². The van der Waals surface area contributed by atoms with Gasteiger partial charge in [0.15, 0.2) is 12.1 Å². The van der Waals surface area contributed by atoms with Gasteiger partial charge in [0.25, 0.3) is 5.91 Å². The van der Waals surface area contributed by atoms with Crippen molar-refractivity contribution in [2.45, 2.75) is 57.4 Å². The van der Waals surface area contributed by atoms with Crippen molar-refractivity contribution in [1.29, 1.82) is 0 Å². The molecule has 1 aliphatic heterocycles. The third-order valence-electron chi connectivity index (χ3n) is 7.18. The summed E-state index contributed by atoms with van der Waals surface area (Å²) >= 11 is 0. The summed E-state index contributed by atoms with van der Waals surface area (Å²) in [5.74, 6) is -1.27. The number of carbonyl (C=O) groups excluding carboxylic acids is 2. The number of hydroxylamine groups is 1. The highest BCUT2D eigenvalue weighted by Crippen LogP contribution is 2.38. The maximum Gasteiger partial charge on any atom is 0.416 e. The molecule has 43 heavy (non-hydrogen) atoms. The van der Waals surface area contributed by atoms with Gasteiger partial charge < -0.3 is 9.47 Å². The van der Waals surface area contributed by atoms with E-state index in [-0.39, 0.29) is 42.4 Å². The predicted molar refractivity (Wildman–Crippen MR) is 139 cm³/mol. The molecule has 0 bridgehead atoms. The quantitative estimate of drug-likeness (QED) is 0.229. The third-order valence-corrected chi connectivity index (χ3v) is 7.18. The molecule has 0 aromatic heterocycles. The number of ketones is 1. The van der Waals surface area contributed by atoms with Crippen molar-refractivity contribution in [2.75, 3.05) is 6.61 Å². The lowest BCUT2D eigenvalue weighted by Crippen LogP contribution is -2.33. The largest absolute Gasteiger partial charge is 0.488 e. The van der Waals surface area contributed by atoms with Crippen molar-refractivity contribution in [2.24, 2.45) is 5.92 Å². The molecule has 1 N–H and O–H groups in total. The maximum absolute atomic E-state index is 13.3. The van der Waals surface area contributed by atoms with Crippen LogP contribution >= 0.6 is 0 Å². The van der Waals surface area contributed by atoms with E-state index in [0.717, 1.165) is 12.8 Å². The first-order chi connectivity index (χ1) is 20.4. The monoisotopic (exact) mass is 605 g/mol. The van der Waals surface area contributed by atoms with E-state index in [2.05, 4.69) is 17.6 Å². The lowest BCUT2D eigenvalue weighted by molar-refractivity contribution is -0.186. The van der Waals surface area contributed by atoms with Crippen molar-refractivity contribution in [3.8, 4) is 5.75 Å². The Kier molecular flexibility index (Phi) is 8.66. The van der Waals surface area contributed by atoms with Crippen LogP contribution in [0.5, 0.6) is 5.75 Å². The molecule has 6 nitrogen and oxygen atoms in total. The van der Waals surface area contributed by atoms with Gasteiger partial charge in [0.05, 0.1) is 16.7 Å². The fourth-order valence-electron chi connectivity index (χ4n) is 5.00. The third kappa shape index (κ3) is 7.47. The first kappa shape index (κ1) is 30.4. The van der Waals surface area contributed by atoms with Crippen molar-refractivity contribution in [1.82, 2.24) is 5.48 Å². The summed E-state index contributed by atoms with van der Waals surface area (Å²) in [6.07, 6.45) is -7.99. The summed E-state index contributed by atoms with van der Waals surface area (Å²) in [5.41, 5.74) is 0.988. The van der Waals surface area contributed by atoms with Crippen LogP contribution in [0.2, 0.25) is 0 Å². The van der Waals surface area contributed by atoms with Crippen LogP contribution < -0.4 is 10.2 Å². The van der Waals surface area contributed by atoms with Crippen LogP contribution in [0.3, 0.4) is 0 Å². The fraction of sp³-hybridized carbons (Fsp3) is 0.355. The summed E-state index contributed by atoms with van der Waals surface area (Å²) in [6.45, 7) is 0.633. The number of nitrogens with one attached hydrogen (secondary N) is 1. The molecule has 226 valence electrons. The van der Waals surface area contributed by atoms with Crippen LogP contribution in [0.25, 0.3) is 0 Å². The molecule has 3 aromatic rings. The minimum atomic E-state index is -4.97. The highest BCUT2D eigenvalue weighted by molar-refractivity contribution is 6.02. The highest BCUT2D eigenvalue weighted by atomic mass is 19.4. The summed E-state index contributed by atoms with van der Waals surface area (Å²) in [4.78, 5) is 30.5. The first-order valence-electron chi connectivity index (χ1n) is 13.5. The zero-order valence-electron chi connectivity index (χ0n) is 22.5. The molecule has 2 unspecified atom stereocenters. The van der Waals surface area contributed by atoms with Gasteiger partial charge >= 0.3 is 12.4 Å². The number of halogens is 6. The molecule has 1 heterocycles. The molecule has 1 aliphatic carbocycles. The Balaban J connectivity index is 1.19. The number of carbonyl (C=O) groups is 2. The lowest BCUT2D eigenvalue weighted by Gasteiger charge is -2.21. The minimum absolute atomic E-state index is 0.0609. The second-order valence-corrected chi connectivity index (χ2v) is 10.4. The standard InChI is InChI=1S/C31H25F6NO5/c32-30(33,34)23-12-19(13-24(16-23)31(35,36)37)11-22-14-21-15-25(8-9-26(21)28(22)39)42-17-18-4-6-20(7-5-18)29(40)38-43-27-3-1-2-10-41-27/h4,6,8-9,12-13,15-16,22,27H,1-3,10-11,14,17H2,(H,38,40). The Morgan fingerprint density at radius 2 is 1.70 bits per heavy atom. The number of Topliss-reactive ketones (excluding diaryl/α,β-unsaturated/α-hetero) is 1. The number of alkyl halides is 6. The Morgan fingerprint density at radius 1 is 0.953 bits per heavy atom. The van der Waals surface area contributed by atoms with Crippen LogP contribution in [0.1, 0.15) is 67.8 Å². The zero-order chi connectivity index (χ0) is 30.8. The number of fused-ring (bicyclic) bond motifs is 1. The smallest absolute Gasteiger partial charge is 0.416 e. The number of benzene rings is 2. The van der Waals surface area contributed by atoms with E-state index in [0.29, 0.717) is 47.6 Å². The number of hydrogen-bond acceptors (Lipinski definition) is 5. The van der Waals surface area contributed by atoms with E-state index in [9.17, 15) is 35.9 Å². The molecular weight excluding hydrogens is 580 g/mol. The van der Waals surface area contributed by atoms with E-state index in [4.69, 9.17) is 14.3 Å². The Morgan fingerprint density at radius 3 is 2.33 bits per heavy atom. The molecule has 1 saturated heterocycles. The number of ether oxygens (including phenoxy) is 2. The van der Waals surface area contributed by atoms with E-state index in [1.807, 2.05) is 0 Å². The van der Waals surface area contributed by atoms with Gasteiger partial charge in [-0.1, -0.05) is 12.1 Å². The van der Waals surface area contributed by atoms with Crippen LogP contribution in [-0.4, -0.2) is 24.6 Å². The van der Waals surface area contributed by atoms with E-state index in [1.165, 1.54) is 12.1 Å². The Labute approximate surface area is 242 Å². The molecule has 1 amide bonds. The van der Waals surface area contributed by atoms with Gasteiger partial charge in [-0.05, 0) is 85.3 Å². The molecule has 2 atom stereocenters. The van der Waals surface area contributed by atoms with Gasteiger partial charge in [-0.15, -0.1) is 0 Å².